The smallest absolute Gasteiger partial charge is 0.127 e. The van der Waals surface area contributed by atoms with Crippen LogP contribution >= 0.6 is 0 Å². The van der Waals surface area contributed by atoms with Crippen molar-refractivity contribution >= 4 is 0 Å². The third-order valence-electron chi connectivity index (χ3n) is 5.67. The zero-order chi connectivity index (χ0) is 19.5. The second-order valence-corrected chi connectivity index (χ2v) is 7.75. The van der Waals surface area contributed by atoms with Gasteiger partial charge in [-0.3, -0.25) is 9.80 Å². The molecule has 1 heterocycles. The quantitative estimate of drug-likeness (QED) is 0.585. The second kappa shape index (κ2) is 8.26. The van der Waals surface area contributed by atoms with Gasteiger partial charge in [0.25, 0.3) is 0 Å². The minimum Gasteiger partial charge on any atom is -0.278 e. The van der Waals surface area contributed by atoms with Crippen LogP contribution in [0.25, 0.3) is 0 Å². The number of hydrogen-bond donors (Lipinski definition) is 0. The standard InChI is InChI=1S/C25H27FN2/c1-19-8-7-12-21(16-19)25-27(17-22-10-4-3-9-20(22)2)14-15-28(25)18-23-11-5-6-13-24(23)26/h3-13,16,25H,14-15,17-18H2,1-2H3. The molecule has 1 fully saturated rings. The number of rotatable bonds is 5. The summed E-state index contributed by atoms with van der Waals surface area (Å²) in [7, 11) is 0. The molecule has 0 aromatic heterocycles. The van der Waals surface area contributed by atoms with Crippen molar-refractivity contribution in [2.75, 3.05) is 13.1 Å². The van der Waals surface area contributed by atoms with Crippen LogP contribution in [0.15, 0.2) is 72.8 Å². The Labute approximate surface area is 167 Å². The van der Waals surface area contributed by atoms with Gasteiger partial charge in [-0.1, -0.05) is 72.3 Å². The fraction of sp³-hybridized carbons (Fsp3) is 0.280. The van der Waals surface area contributed by atoms with Crippen molar-refractivity contribution < 1.29 is 4.39 Å². The first kappa shape index (κ1) is 18.9. The van der Waals surface area contributed by atoms with Crippen molar-refractivity contribution in [3.05, 3.63) is 106 Å². The molecule has 2 nitrogen and oxygen atoms in total. The van der Waals surface area contributed by atoms with E-state index in [-0.39, 0.29) is 12.0 Å². The molecule has 1 atom stereocenters. The largest absolute Gasteiger partial charge is 0.278 e. The maximum atomic E-state index is 14.3. The molecule has 3 aromatic carbocycles. The summed E-state index contributed by atoms with van der Waals surface area (Å²) in [5.74, 6) is -0.122. The van der Waals surface area contributed by atoms with Gasteiger partial charge < -0.3 is 0 Å². The van der Waals surface area contributed by atoms with Crippen molar-refractivity contribution in [3.63, 3.8) is 0 Å². The monoisotopic (exact) mass is 374 g/mol. The molecule has 144 valence electrons. The lowest BCUT2D eigenvalue weighted by Crippen LogP contribution is -2.31. The van der Waals surface area contributed by atoms with Gasteiger partial charge in [0.2, 0.25) is 0 Å². The molecule has 1 saturated heterocycles. The summed E-state index contributed by atoms with van der Waals surface area (Å²) in [4.78, 5) is 4.91. The molecule has 28 heavy (non-hydrogen) atoms. The number of hydrogen-bond acceptors (Lipinski definition) is 2. The number of halogens is 1. The van der Waals surface area contributed by atoms with E-state index < -0.39 is 0 Å². The highest BCUT2D eigenvalue weighted by atomic mass is 19.1. The van der Waals surface area contributed by atoms with Gasteiger partial charge in [0, 0.05) is 31.7 Å². The van der Waals surface area contributed by atoms with Crippen LogP contribution in [0.4, 0.5) is 4.39 Å². The van der Waals surface area contributed by atoms with Crippen LogP contribution in [-0.4, -0.2) is 22.9 Å². The van der Waals surface area contributed by atoms with Crippen molar-refractivity contribution in [1.82, 2.24) is 9.80 Å². The molecule has 0 spiro atoms. The van der Waals surface area contributed by atoms with Gasteiger partial charge >= 0.3 is 0 Å². The van der Waals surface area contributed by atoms with Gasteiger partial charge in [-0.2, -0.15) is 0 Å². The summed E-state index contributed by atoms with van der Waals surface area (Å²) in [6.45, 7) is 7.73. The molecular weight excluding hydrogens is 347 g/mol. The molecular formula is C25H27FN2. The van der Waals surface area contributed by atoms with E-state index >= 15 is 0 Å². The van der Waals surface area contributed by atoms with Gasteiger partial charge in [0.05, 0.1) is 6.17 Å². The predicted octanol–water partition coefficient (Wildman–Crippen LogP) is 5.46. The number of nitrogens with zero attached hydrogens (tertiary/aromatic N) is 2. The number of benzene rings is 3. The fourth-order valence-corrected chi connectivity index (χ4v) is 4.17. The summed E-state index contributed by atoms with van der Waals surface area (Å²) < 4.78 is 14.3. The van der Waals surface area contributed by atoms with E-state index in [1.54, 1.807) is 12.1 Å². The Morgan fingerprint density at radius 3 is 2.11 bits per heavy atom. The van der Waals surface area contributed by atoms with Crippen LogP contribution in [0.2, 0.25) is 0 Å². The van der Waals surface area contributed by atoms with E-state index in [4.69, 9.17) is 0 Å². The van der Waals surface area contributed by atoms with Gasteiger partial charge in [0.15, 0.2) is 0 Å². The van der Waals surface area contributed by atoms with E-state index in [1.807, 2.05) is 12.1 Å². The maximum absolute atomic E-state index is 14.3. The lowest BCUT2D eigenvalue weighted by molar-refractivity contribution is 0.124. The molecule has 3 aromatic rings. The average Bonchev–Trinajstić information content (AvgIpc) is 3.08. The minimum absolute atomic E-state index is 0.122. The number of aryl methyl sites for hydroxylation is 2. The Kier molecular flexibility index (Phi) is 5.56. The Morgan fingerprint density at radius 1 is 0.786 bits per heavy atom. The summed E-state index contributed by atoms with van der Waals surface area (Å²) in [6, 6.07) is 24.4. The summed E-state index contributed by atoms with van der Waals surface area (Å²) >= 11 is 0. The second-order valence-electron chi connectivity index (χ2n) is 7.75. The van der Waals surface area contributed by atoms with Crippen LogP contribution in [0, 0.1) is 19.7 Å². The molecule has 4 rings (SSSR count). The molecule has 0 bridgehead atoms. The zero-order valence-electron chi connectivity index (χ0n) is 16.6. The summed E-state index contributed by atoms with van der Waals surface area (Å²) in [5.41, 5.74) is 5.97. The van der Waals surface area contributed by atoms with Crippen molar-refractivity contribution in [2.45, 2.75) is 33.1 Å². The van der Waals surface area contributed by atoms with Crippen LogP contribution in [-0.2, 0) is 13.1 Å². The van der Waals surface area contributed by atoms with Crippen LogP contribution in [0.3, 0.4) is 0 Å². The van der Waals surface area contributed by atoms with Gasteiger partial charge in [-0.15, -0.1) is 0 Å². The van der Waals surface area contributed by atoms with Gasteiger partial charge in [0.1, 0.15) is 5.82 Å². The molecule has 0 N–H and O–H groups in total. The zero-order valence-corrected chi connectivity index (χ0v) is 16.6. The Balaban J connectivity index is 1.65. The first-order valence-electron chi connectivity index (χ1n) is 9.94. The first-order chi connectivity index (χ1) is 13.6. The van der Waals surface area contributed by atoms with Crippen LogP contribution in [0.5, 0.6) is 0 Å². The summed E-state index contributed by atoms with van der Waals surface area (Å²) in [6.07, 6.45) is 0.152. The SMILES string of the molecule is Cc1cccc(C2N(Cc3ccccc3C)CCN2Cc2ccccc2F)c1. The molecule has 3 heteroatoms. The lowest BCUT2D eigenvalue weighted by atomic mass is 10.1. The Hall–Kier alpha value is -2.49. The minimum atomic E-state index is -0.122. The highest BCUT2D eigenvalue weighted by molar-refractivity contribution is 5.29. The Bertz CT molecular complexity index is 897. The third-order valence-corrected chi connectivity index (χ3v) is 5.67. The molecule has 1 aliphatic rings. The molecule has 0 saturated carbocycles. The van der Waals surface area contributed by atoms with Crippen molar-refractivity contribution in [3.8, 4) is 0 Å². The van der Waals surface area contributed by atoms with Gasteiger partial charge in [-0.25, -0.2) is 4.39 Å². The molecule has 1 aliphatic heterocycles. The van der Waals surface area contributed by atoms with E-state index in [0.717, 1.165) is 25.2 Å². The average molecular weight is 375 g/mol. The van der Waals surface area contributed by atoms with Crippen molar-refractivity contribution in [1.29, 1.82) is 0 Å². The molecule has 0 aliphatic carbocycles. The van der Waals surface area contributed by atoms with Gasteiger partial charge in [-0.05, 0) is 36.6 Å². The molecule has 0 radical (unpaired) electrons. The van der Waals surface area contributed by atoms with E-state index in [0.29, 0.717) is 6.54 Å². The highest BCUT2D eigenvalue weighted by Crippen LogP contribution is 2.33. The van der Waals surface area contributed by atoms with Crippen molar-refractivity contribution in [2.24, 2.45) is 0 Å². The predicted molar refractivity (Wildman–Crippen MR) is 112 cm³/mol. The fourth-order valence-electron chi connectivity index (χ4n) is 4.17. The van der Waals surface area contributed by atoms with E-state index in [2.05, 4.69) is 72.2 Å². The normalized spacial score (nSPS) is 17.9. The lowest BCUT2D eigenvalue weighted by Gasteiger charge is -2.31. The van der Waals surface area contributed by atoms with E-state index in [9.17, 15) is 4.39 Å². The van der Waals surface area contributed by atoms with E-state index in [1.165, 1.54) is 22.3 Å². The maximum Gasteiger partial charge on any atom is 0.127 e. The third kappa shape index (κ3) is 4.01. The topological polar surface area (TPSA) is 6.48 Å². The highest BCUT2D eigenvalue weighted by Gasteiger charge is 2.33. The summed E-state index contributed by atoms with van der Waals surface area (Å²) in [5, 5.41) is 0. The van der Waals surface area contributed by atoms with Crippen LogP contribution in [0.1, 0.15) is 34.0 Å². The first-order valence-corrected chi connectivity index (χ1v) is 9.94. The molecule has 0 amide bonds. The Morgan fingerprint density at radius 2 is 1.43 bits per heavy atom. The van der Waals surface area contributed by atoms with Crippen LogP contribution < -0.4 is 0 Å². The molecule has 1 unspecified atom stereocenters.